The Morgan fingerprint density at radius 2 is 1.80 bits per heavy atom. The highest BCUT2D eigenvalue weighted by Crippen LogP contribution is 2.42. The summed E-state index contributed by atoms with van der Waals surface area (Å²) < 4.78 is 23.7. The molecule has 2 fully saturated rings. The maximum atomic E-state index is 11.8. The predicted molar refractivity (Wildman–Crippen MR) is 84.7 cm³/mol. The van der Waals surface area contributed by atoms with E-state index in [9.17, 15) is 8.42 Å². The first-order valence-electron chi connectivity index (χ1n) is 6.61. The van der Waals surface area contributed by atoms with E-state index in [-0.39, 0.29) is 22.8 Å². The van der Waals surface area contributed by atoms with Gasteiger partial charge >= 0.3 is 0 Å². The second-order valence-corrected chi connectivity index (χ2v) is 9.10. The Kier molecular flexibility index (Phi) is 3.14. The van der Waals surface area contributed by atoms with E-state index in [4.69, 9.17) is 5.41 Å². The minimum absolute atomic E-state index is 0.00704. The molecule has 1 aromatic carbocycles. The van der Waals surface area contributed by atoms with Gasteiger partial charge in [0, 0.05) is 10.9 Å². The summed E-state index contributed by atoms with van der Waals surface area (Å²) >= 11 is 1.39. The van der Waals surface area contributed by atoms with Gasteiger partial charge in [-0.2, -0.15) is 0 Å². The number of fused-ring (bicyclic) bond motifs is 1. The third kappa shape index (κ3) is 2.15. The fourth-order valence-electron chi connectivity index (χ4n) is 3.32. The Balaban J connectivity index is 2.08. The summed E-state index contributed by atoms with van der Waals surface area (Å²) in [5.74, 6) is 0.366. The van der Waals surface area contributed by atoms with Crippen LogP contribution in [-0.2, 0) is 9.84 Å². The first-order chi connectivity index (χ1) is 9.28. The van der Waals surface area contributed by atoms with E-state index in [1.54, 1.807) is 0 Å². The summed E-state index contributed by atoms with van der Waals surface area (Å²) in [4.78, 5) is 1.93. The molecule has 0 spiro atoms. The smallest absolute Gasteiger partial charge is 0.161 e. The number of amidine groups is 1. The van der Waals surface area contributed by atoms with Crippen LogP contribution in [0.2, 0.25) is 0 Å². The predicted octanol–water partition coefficient (Wildman–Crippen LogP) is 2.27. The first kappa shape index (κ1) is 13.9. The lowest BCUT2D eigenvalue weighted by Gasteiger charge is -2.27. The molecule has 0 bridgehead atoms. The Bertz CT molecular complexity index is 674. The van der Waals surface area contributed by atoms with E-state index in [2.05, 4.69) is 19.1 Å². The molecule has 0 aromatic heterocycles. The Morgan fingerprint density at radius 1 is 1.20 bits per heavy atom. The lowest BCUT2D eigenvalue weighted by atomic mass is 10.0. The molecule has 4 nitrogen and oxygen atoms in total. The van der Waals surface area contributed by atoms with Crippen molar-refractivity contribution in [2.45, 2.75) is 32.1 Å². The zero-order valence-corrected chi connectivity index (χ0v) is 13.4. The molecule has 2 aliphatic heterocycles. The number of hydrogen-bond donors (Lipinski definition) is 1. The third-order valence-electron chi connectivity index (χ3n) is 3.96. The lowest BCUT2D eigenvalue weighted by Crippen LogP contribution is -2.38. The van der Waals surface area contributed by atoms with E-state index in [1.807, 2.05) is 18.7 Å². The molecule has 108 valence electrons. The van der Waals surface area contributed by atoms with Gasteiger partial charge in [0.05, 0.1) is 17.5 Å². The molecule has 1 N–H and O–H groups in total. The van der Waals surface area contributed by atoms with Crippen molar-refractivity contribution in [1.82, 2.24) is 0 Å². The van der Waals surface area contributed by atoms with Gasteiger partial charge in [-0.25, -0.2) is 8.42 Å². The highest BCUT2D eigenvalue weighted by atomic mass is 32.2. The maximum absolute atomic E-state index is 11.8. The summed E-state index contributed by atoms with van der Waals surface area (Å²) in [6.07, 6.45) is 0. The highest BCUT2D eigenvalue weighted by molar-refractivity contribution is 8.15. The summed E-state index contributed by atoms with van der Waals surface area (Å²) in [7, 11) is -2.96. The molecule has 20 heavy (non-hydrogen) atoms. The van der Waals surface area contributed by atoms with Crippen molar-refractivity contribution in [2.75, 3.05) is 16.4 Å². The van der Waals surface area contributed by atoms with Gasteiger partial charge in [-0.15, -0.1) is 0 Å². The van der Waals surface area contributed by atoms with Crippen LogP contribution in [0.1, 0.15) is 16.7 Å². The molecule has 3 rings (SSSR count). The lowest BCUT2D eigenvalue weighted by molar-refractivity contribution is 0.601. The van der Waals surface area contributed by atoms with E-state index in [0.29, 0.717) is 5.17 Å². The number of thioether (sulfide) groups is 1. The van der Waals surface area contributed by atoms with Crippen molar-refractivity contribution in [3.05, 3.63) is 28.8 Å². The molecule has 0 radical (unpaired) electrons. The number of rotatable bonds is 1. The third-order valence-corrected chi connectivity index (χ3v) is 7.09. The molecule has 2 atom stereocenters. The van der Waals surface area contributed by atoms with Crippen molar-refractivity contribution in [3.63, 3.8) is 0 Å². The van der Waals surface area contributed by atoms with E-state index in [1.165, 1.54) is 17.3 Å². The van der Waals surface area contributed by atoms with Crippen LogP contribution in [0.3, 0.4) is 0 Å². The number of aryl methyl sites for hydroxylation is 3. The maximum Gasteiger partial charge on any atom is 0.161 e. The normalized spacial score (nSPS) is 27.9. The van der Waals surface area contributed by atoms with Crippen LogP contribution < -0.4 is 4.90 Å². The minimum Gasteiger partial charge on any atom is -0.316 e. The van der Waals surface area contributed by atoms with Crippen LogP contribution in [0.4, 0.5) is 5.69 Å². The number of nitrogens with one attached hydrogen (secondary N) is 1. The van der Waals surface area contributed by atoms with Crippen molar-refractivity contribution < 1.29 is 8.42 Å². The van der Waals surface area contributed by atoms with Crippen LogP contribution >= 0.6 is 11.8 Å². The van der Waals surface area contributed by atoms with E-state index >= 15 is 0 Å². The van der Waals surface area contributed by atoms with Crippen LogP contribution in [0.5, 0.6) is 0 Å². The second-order valence-electron chi connectivity index (χ2n) is 5.72. The van der Waals surface area contributed by atoms with Crippen LogP contribution in [-0.4, -0.2) is 36.4 Å². The molecule has 2 aliphatic rings. The molecule has 0 aliphatic carbocycles. The summed E-state index contributed by atoms with van der Waals surface area (Å²) in [5.41, 5.74) is 4.42. The van der Waals surface area contributed by atoms with Crippen molar-refractivity contribution in [2.24, 2.45) is 0 Å². The fourth-order valence-corrected chi connectivity index (χ4v) is 7.10. The average Bonchev–Trinajstić information content (AvgIpc) is 2.70. The van der Waals surface area contributed by atoms with Gasteiger partial charge in [0.15, 0.2) is 15.0 Å². The highest BCUT2D eigenvalue weighted by Gasteiger charge is 2.49. The molecule has 1 aromatic rings. The minimum atomic E-state index is -2.96. The summed E-state index contributed by atoms with van der Waals surface area (Å²) in [6.45, 7) is 6.12. The Labute approximate surface area is 124 Å². The van der Waals surface area contributed by atoms with Gasteiger partial charge in [0.2, 0.25) is 0 Å². The van der Waals surface area contributed by atoms with Crippen LogP contribution in [0.25, 0.3) is 0 Å². The van der Waals surface area contributed by atoms with Gasteiger partial charge in [-0.05, 0) is 31.9 Å². The quantitative estimate of drug-likeness (QED) is 0.864. The molecule has 0 saturated carbocycles. The molecular weight excluding hydrogens is 292 g/mol. The Morgan fingerprint density at radius 3 is 2.40 bits per heavy atom. The number of sulfone groups is 1. The molecule has 2 unspecified atom stereocenters. The number of nitrogens with zero attached hydrogens (tertiary/aromatic N) is 1. The van der Waals surface area contributed by atoms with Gasteiger partial charge in [-0.3, -0.25) is 5.41 Å². The molecule has 6 heteroatoms. The molecular formula is C14H18N2O2S2. The zero-order chi connectivity index (χ0) is 14.7. The van der Waals surface area contributed by atoms with Crippen LogP contribution in [0, 0.1) is 26.2 Å². The number of benzene rings is 1. The van der Waals surface area contributed by atoms with Crippen molar-refractivity contribution in [1.29, 1.82) is 5.41 Å². The van der Waals surface area contributed by atoms with Gasteiger partial charge in [0.1, 0.15) is 0 Å². The molecule has 0 amide bonds. The first-order valence-corrected chi connectivity index (χ1v) is 9.31. The van der Waals surface area contributed by atoms with Gasteiger partial charge in [0.25, 0.3) is 0 Å². The summed E-state index contributed by atoms with van der Waals surface area (Å²) in [6, 6.07) is 4.10. The molecule has 2 saturated heterocycles. The largest absolute Gasteiger partial charge is 0.316 e. The SMILES string of the molecule is Cc1cc(C)c(N2C(=N)SC3CS(=O)(=O)CC32)c(C)c1. The topological polar surface area (TPSA) is 61.2 Å². The standard InChI is InChI=1S/C14H18N2O2S2/c1-8-4-9(2)13(10(3)5-8)16-11-6-20(17,18)7-12(11)19-14(16)15/h4-5,11-12,15H,6-7H2,1-3H3. The molecule has 2 heterocycles. The van der Waals surface area contributed by atoms with Crippen molar-refractivity contribution >= 4 is 32.5 Å². The van der Waals surface area contributed by atoms with Crippen LogP contribution in [0.15, 0.2) is 12.1 Å². The van der Waals surface area contributed by atoms with E-state index in [0.717, 1.165) is 16.8 Å². The van der Waals surface area contributed by atoms with Crippen molar-refractivity contribution in [3.8, 4) is 0 Å². The zero-order valence-electron chi connectivity index (χ0n) is 11.8. The average molecular weight is 310 g/mol. The number of anilines is 1. The monoisotopic (exact) mass is 310 g/mol. The Hall–Kier alpha value is -1.01. The second kappa shape index (κ2) is 4.49. The van der Waals surface area contributed by atoms with Gasteiger partial charge in [-0.1, -0.05) is 29.5 Å². The summed E-state index contributed by atoms with van der Waals surface area (Å²) in [5, 5.41) is 8.70. The number of hydrogen-bond acceptors (Lipinski definition) is 4. The fraction of sp³-hybridized carbons (Fsp3) is 0.500. The van der Waals surface area contributed by atoms with E-state index < -0.39 is 9.84 Å². The van der Waals surface area contributed by atoms with Gasteiger partial charge < -0.3 is 4.90 Å².